The number of rotatable bonds is 7. The first kappa shape index (κ1) is 24.9. The Morgan fingerprint density at radius 2 is 2.08 bits per heavy atom. The van der Waals surface area contributed by atoms with Gasteiger partial charge in [0.1, 0.15) is 11.9 Å². The Bertz CT molecular complexity index is 1120. The van der Waals surface area contributed by atoms with Crippen LogP contribution >= 0.6 is 0 Å². The van der Waals surface area contributed by atoms with Crippen molar-refractivity contribution in [2.45, 2.75) is 76.2 Å². The first-order valence-corrected chi connectivity index (χ1v) is 14.0. The Morgan fingerprint density at radius 1 is 1.30 bits per heavy atom. The summed E-state index contributed by atoms with van der Waals surface area (Å²) < 4.78 is 12.4. The molecule has 7 unspecified atom stereocenters. The molecule has 0 amide bonds. The van der Waals surface area contributed by atoms with Crippen LogP contribution in [0.25, 0.3) is 6.08 Å². The summed E-state index contributed by atoms with van der Waals surface area (Å²) in [4.78, 5) is 15.3. The normalized spacial score (nSPS) is 37.7. The first-order valence-electron chi connectivity index (χ1n) is 14.0. The molecule has 2 N–H and O–H groups in total. The van der Waals surface area contributed by atoms with Crippen LogP contribution in [0.5, 0.6) is 0 Å². The molecule has 0 aromatic heterocycles. The van der Waals surface area contributed by atoms with Gasteiger partial charge in [-0.1, -0.05) is 49.8 Å². The lowest BCUT2D eigenvalue weighted by molar-refractivity contribution is -0.237. The molecule has 1 spiro atoms. The molecule has 2 bridgehead atoms. The highest BCUT2D eigenvalue weighted by Gasteiger charge is 2.74. The van der Waals surface area contributed by atoms with Crippen LogP contribution in [0.4, 0.5) is 0 Å². The maximum atomic E-state index is 12.8. The summed E-state index contributed by atoms with van der Waals surface area (Å²) in [5.74, 6) is 1.33. The zero-order chi connectivity index (χ0) is 25.8. The summed E-state index contributed by atoms with van der Waals surface area (Å²) in [6.07, 6.45) is 11.9. The highest BCUT2D eigenvalue weighted by molar-refractivity contribution is 5.88. The zero-order valence-electron chi connectivity index (χ0n) is 21.9. The third-order valence-electron chi connectivity index (χ3n) is 10.0. The number of allylic oxidation sites excluding steroid dienone is 3. The number of hydrogen-bond acceptors (Lipinski definition) is 6. The van der Waals surface area contributed by atoms with Crippen molar-refractivity contribution in [2.24, 2.45) is 23.2 Å². The third-order valence-corrected chi connectivity index (χ3v) is 10.0. The Labute approximate surface area is 219 Å². The van der Waals surface area contributed by atoms with Crippen LogP contribution in [0.3, 0.4) is 0 Å². The average molecular weight is 506 g/mol. The van der Waals surface area contributed by atoms with E-state index in [2.05, 4.69) is 11.0 Å². The zero-order valence-corrected chi connectivity index (χ0v) is 21.9. The summed E-state index contributed by atoms with van der Waals surface area (Å²) >= 11 is 0. The van der Waals surface area contributed by atoms with Crippen molar-refractivity contribution < 1.29 is 24.5 Å². The fourth-order valence-corrected chi connectivity index (χ4v) is 7.89. The number of nitrogens with zero attached hydrogens (tertiary/aromatic N) is 1. The van der Waals surface area contributed by atoms with Crippen LogP contribution in [0.15, 0.2) is 60.1 Å². The van der Waals surface area contributed by atoms with Gasteiger partial charge in [-0.3, -0.25) is 4.90 Å². The average Bonchev–Trinajstić information content (AvgIpc) is 3.22. The molecule has 2 saturated heterocycles. The van der Waals surface area contributed by atoms with Crippen molar-refractivity contribution in [2.75, 3.05) is 13.1 Å². The second-order valence-electron chi connectivity index (χ2n) is 11.9. The van der Waals surface area contributed by atoms with Gasteiger partial charge >= 0.3 is 5.97 Å². The van der Waals surface area contributed by atoms with Crippen molar-refractivity contribution in [3.8, 4) is 0 Å². The van der Waals surface area contributed by atoms with Crippen molar-refractivity contribution >= 4 is 12.0 Å². The molecule has 0 radical (unpaired) electrons. The third kappa shape index (κ3) is 3.91. The minimum absolute atomic E-state index is 0.0140. The van der Waals surface area contributed by atoms with Crippen molar-refractivity contribution in [3.63, 3.8) is 0 Å². The van der Waals surface area contributed by atoms with E-state index in [1.807, 2.05) is 50.3 Å². The molecule has 4 fully saturated rings. The van der Waals surface area contributed by atoms with Crippen LogP contribution in [0.2, 0.25) is 0 Å². The minimum atomic E-state index is -1.04. The number of fused-ring (bicyclic) bond motifs is 1. The van der Waals surface area contributed by atoms with E-state index in [-0.39, 0.29) is 17.9 Å². The fraction of sp³-hybridized carbons (Fsp3) is 0.581. The van der Waals surface area contributed by atoms with Gasteiger partial charge in [-0.05, 0) is 75.1 Å². The van der Waals surface area contributed by atoms with Gasteiger partial charge < -0.3 is 19.7 Å². The van der Waals surface area contributed by atoms with Gasteiger partial charge in [0.05, 0.1) is 17.1 Å². The number of aliphatic hydroxyl groups is 2. The summed E-state index contributed by atoms with van der Waals surface area (Å²) in [5.41, 5.74) is -0.753. The Hall–Kier alpha value is -2.41. The van der Waals surface area contributed by atoms with E-state index in [9.17, 15) is 15.0 Å². The lowest BCUT2D eigenvalue weighted by Gasteiger charge is -2.64. The first-order chi connectivity index (χ1) is 17.8. The van der Waals surface area contributed by atoms with E-state index in [0.717, 1.165) is 37.4 Å². The van der Waals surface area contributed by atoms with Crippen LogP contribution in [0.1, 0.15) is 57.9 Å². The molecule has 1 aromatic carbocycles. The van der Waals surface area contributed by atoms with E-state index < -0.39 is 29.2 Å². The number of esters is 1. The summed E-state index contributed by atoms with van der Waals surface area (Å²) in [7, 11) is 0. The Morgan fingerprint density at radius 3 is 2.78 bits per heavy atom. The summed E-state index contributed by atoms with van der Waals surface area (Å²) in [6, 6.07) is 9.64. The second-order valence-corrected chi connectivity index (χ2v) is 11.9. The quantitative estimate of drug-likeness (QED) is 0.421. The number of benzene rings is 1. The molecule has 2 saturated carbocycles. The monoisotopic (exact) mass is 505 g/mol. The number of ether oxygens (including phenoxy) is 2. The molecule has 1 aromatic rings. The lowest BCUT2D eigenvalue weighted by Crippen LogP contribution is -2.74. The minimum Gasteiger partial charge on any atom is -0.487 e. The topological polar surface area (TPSA) is 79.2 Å². The van der Waals surface area contributed by atoms with Crippen molar-refractivity contribution in [1.29, 1.82) is 0 Å². The highest BCUT2D eigenvalue weighted by atomic mass is 16.6. The molecular weight excluding hydrogens is 466 g/mol. The fourth-order valence-electron chi connectivity index (χ4n) is 7.89. The predicted octanol–water partition coefficient (Wildman–Crippen LogP) is 4.44. The van der Waals surface area contributed by atoms with Gasteiger partial charge in [-0.25, -0.2) is 4.79 Å². The number of hydrogen-bond donors (Lipinski definition) is 2. The van der Waals surface area contributed by atoms with Gasteiger partial charge in [-0.2, -0.15) is 0 Å². The van der Waals surface area contributed by atoms with Gasteiger partial charge in [0.2, 0.25) is 0 Å². The smallest absolute Gasteiger partial charge is 0.336 e. The van der Waals surface area contributed by atoms with Crippen molar-refractivity contribution in [3.05, 3.63) is 65.6 Å². The molecule has 2 aliphatic heterocycles. The van der Waals surface area contributed by atoms with E-state index >= 15 is 0 Å². The highest BCUT2D eigenvalue weighted by Crippen LogP contribution is 2.67. The molecule has 3 aliphatic carbocycles. The number of likely N-dealkylation sites (tertiary alicyclic amines) is 1. The second kappa shape index (κ2) is 9.40. The van der Waals surface area contributed by atoms with E-state index in [1.165, 1.54) is 25.3 Å². The number of aliphatic hydroxyl groups excluding tert-OH is 1. The summed E-state index contributed by atoms with van der Waals surface area (Å²) in [6.45, 7) is 5.85. The van der Waals surface area contributed by atoms with Crippen LogP contribution in [0, 0.1) is 23.2 Å². The molecule has 6 rings (SSSR count). The lowest BCUT2D eigenvalue weighted by atomic mass is 9.47. The number of carbonyl (C=O) groups is 1. The Kier molecular flexibility index (Phi) is 6.33. The van der Waals surface area contributed by atoms with Crippen LogP contribution in [-0.2, 0) is 14.3 Å². The molecule has 6 heteroatoms. The van der Waals surface area contributed by atoms with Gasteiger partial charge in [-0.15, -0.1) is 0 Å². The molecule has 198 valence electrons. The van der Waals surface area contributed by atoms with E-state index in [1.54, 1.807) is 6.08 Å². The van der Waals surface area contributed by atoms with Gasteiger partial charge in [0, 0.05) is 24.6 Å². The predicted molar refractivity (Wildman–Crippen MR) is 141 cm³/mol. The maximum absolute atomic E-state index is 12.8. The Balaban J connectivity index is 1.32. The van der Waals surface area contributed by atoms with Crippen LogP contribution < -0.4 is 0 Å². The SMILES string of the molecule is CCC(O)C1OC2=C(OC(=O)/C=C/c3ccccc3)C=CC3CC4N(CC5CCC5)CCC1(C23)C4(C)O. The number of piperidine rings is 1. The molecule has 5 aliphatic rings. The molecule has 6 nitrogen and oxygen atoms in total. The van der Waals surface area contributed by atoms with Gasteiger partial charge in [0.15, 0.2) is 5.76 Å². The molecular formula is C31H39NO5. The molecule has 7 atom stereocenters. The van der Waals surface area contributed by atoms with E-state index in [4.69, 9.17) is 9.47 Å². The molecule has 2 heterocycles. The van der Waals surface area contributed by atoms with Crippen molar-refractivity contribution in [1.82, 2.24) is 4.90 Å². The standard InChI is InChI=1S/C31H39NO5/c1-3-23(33)29-31-16-17-32(19-21-10-7-11-21)25(30(31,2)35)18-22-13-14-24(28(37-29)27(22)31)36-26(34)15-12-20-8-5-4-6-9-20/h4-6,8-9,12-15,21-23,25,27,29,33,35H,3,7,10-11,16-19H2,1-2H3/b15-12+. The van der Waals surface area contributed by atoms with Gasteiger partial charge in [0.25, 0.3) is 0 Å². The largest absolute Gasteiger partial charge is 0.487 e. The maximum Gasteiger partial charge on any atom is 0.336 e. The number of carbonyl (C=O) groups excluding carboxylic acids is 1. The molecule has 37 heavy (non-hydrogen) atoms. The van der Waals surface area contributed by atoms with E-state index in [0.29, 0.717) is 17.9 Å². The summed E-state index contributed by atoms with van der Waals surface area (Å²) in [5, 5.41) is 23.5. The van der Waals surface area contributed by atoms with Crippen LogP contribution in [-0.4, -0.2) is 58.0 Å².